The minimum absolute atomic E-state index is 0.0379. The third-order valence-corrected chi connectivity index (χ3v) is 12.9. The highest BCUT2D eigenvalue weighted by atomic mass is 32.2. The van der Waals surface area contributed by atoms with Crippen molar-refractivity contribution in [3.05, 3.63) is 119 Å². The molecule has 4 atom stereocenters. The molecule has 2 heterocycles. The van der Waals surface area contributed by atoms with Gasteiger partial charge in [-0.05, 0) is 123 Å². The molecule has 0 bridgehead atoms. The summed E-state index contributed by atoms with van der Waals surface area (Å²) in [7, 11) is -4.16. The lowest BCUT2D eigenvalue weighted by molar-refractivity contribution is -0.131. The first kappa shape index (κ1) is 48.6. The molecule has 0 saturated carbocycles. The Kier molecular flexibility index (Phi) is 16.1. The van der Waals surface area contributed by atoms with E-state index in [-0.39, 0.29) is 29.9 Å². The number of ether oxygens (including phenoxy) is 1. The number of fused-ring (bicyclic) bond motifs is 1. The van der Waals surface area contributed by atoms with Crippen LogP contribution in [0, 0.1) is 5.92 Å². The van der Waals surface area contributed by atoms with E-state index in [1.807, 2.05) is 44.2 Å². The van der Waals surface area contributed by atoms with Gasteiger partial charge in [0.15, 0.2) is 0 Å². The predicted molar refractivity (Wildman–Crippen MR) is 249 cm³/mol. The Balaban J connectivity index is 0.988. The Morgan fingerprint density at radius 2 is 1.48 bits per heavy atom. The van der Waals surface area contributed by atoms with Gasteiger partial charge >= 0.3 is 12.1 Å². The number of nitrogens with two attached hydrogens (primary N) is 2. The SMILES string of the molecule is CC(C)C[C@H](NC(=O)[C@@H](C)N)C(=O)N[C@@H](CCCCN)C(=O)Nc1ccc(COC(=O)Nc2ccc(C(=O)N3CCc4cc(S(=O)(=O)N5C[C@@H](c6ccccc6)NC5=O)ccc43)cc2)cc1. The second-order valence-electron chi connectivity index (χ2n) is 16.7. The van der Waals surface area contributed by atoms with E-state index >= 15 is 0 Å². The number of urea groups is 1. The first-order valence-electron chi connectivity index (χ1n) is 21.9. The second kappa shape index (κ2) is 21.9. The van der Waals surface area contributed by atoms with Crippen molar-refractivity contribution >= 4 is 62.8 Å². The van der Waals surface area contributed by atoms with Gasteiger partial charge in [0, 0.05) is 29.2 Å². The van der Waals surface area contributed by atoms with Crippen molar-refractivity contribution in [2.24, 2.45) is 17.4 Å². The number of anilines is 3. The van der Waals surface area contributed by atoms with Crippen LogP contribution in [-0.4, -0.2) is 86.2 Å². The van der Waals surface area contributed by atoms with E-state index in [0.717, 1.165) is 9.87 Å². The van der Waals surface area contributed by atoms with E-state index in [1.165, 1.54) is 19.1 Å². The maximum Gasteiger partial charge on any atom is 0.411 e. The normalized spacial score (nSPS) is 15.8. The molecule has 4 aromatic carbocycles. The van der Waals surface area contributed by atoms with Gasteiger partial charge < -0.3 is 42.4 Å². The average molecular weight is 924 g/mol. The van der Waals surface area contributed by atoms with Gasteiger partial charge in [-0.3, -0.25) is 24.5 Å². The summed E-state index contributed by atoms with van der Waals surface area (Å²) in [6, 6.07) is 22.8. The van der Waals surface area contributed by atoms with Crippen LogP contribution in [0.15, 0.2) is 102 Å². The predicted octanol–water partition coefficient (Wildman–Crippen LogP) is 4.52. The van der Waals surface area contributed by atoms with Gasteiger partial charge in [0.2, 0.25) is 17.7 Å². The molecule has 7 amide bonds. The lowest BCUT2D eigenvalue weighted by atomic mass is 10.0. The van der Waals surface area contributed by atoms with E-state index in [9.17, 15) is 37.2 Å². The summed E-state index contributed by atoms with van der Waals surface area (Å²) in [6.07, 6.45) is 1.60. The number of hydrogen-bond acceptors (Lipinski definition) is 11. The maximum absolute atomic E-state index is 13.6. The lowest BCUT2D eigenvalue weighted by Crippen LogP contribution is -2.55. The number of sulfonamides is 1. The summed E-state index contributed by atoms with van der Waals surface area (Å²) in [4.78, 5) is 79.6. The van der Waals surface area contributed by atoms with Crippen molar-refractivity contribution in [1.82, 2.24) is 20.3 Å². The number of hydrogen-bond donors (Lipinski definition) is 7. The Morgan fingerprint density at radius 3 is 2.15 bits per heavy atom. The Hall–Kier alpha value is -6.83. The molecule has 350 valence electrons. The molecule has 66 heavy (non-hydrogen) atoms. The molecule has 0 spiro atoms. The minimum Gasteiger partial charge on any atom is -0.444 e. The number of nitrogens with zero attached hydrogens (tertiary/aromatic N) is 2. The van der Waals surface area contributed by atoms with Gasteiger partial charge in [0.1, 0.15) is 18.7 Å². The van der Waals surface area contributed by atoms with Crippen molar-refractivity contribution in [2.45, 2.75) is 88.5 Å². The molecule has 19 heteroatoms. The van der Waals surface area contributed by atoms with Crippen LogP contribution in [0.3, 0.4) is 0 Å². The molecular weight excluding hydrogens is 867 g/mol. The molecule has 0 aliphatic carbocycles. The molecule has 4 aromatic rings. The summed E-state index contributed by atoms with van der Waals surface area (Å²) in [5, 5.41) is 13.7. The molecule has 1 saturated heterocycles. The van der Waals surface area contributed by atoms with Crippen molar-refractivity contribution in [1.29, 1.82) is 0 Å². The molecule has 1 fully saturated rings. The van der Waals surface area contributed by atoms with Crippen LogP contribution < -0.4 is 43.0 Å². The van der Waals surface area contributed by atoms with Crippen LogP contribution in [0.4, 0.5) is 26.7 Å². The summed E-state index contributed by atoms with van der Waals surface area (Å²) in [6.45, 7) is 5.98. The van der Waals surface area contributed by atoms with Crippen LogP contribution in [0.2, 0.25) is 0 Å². The number of benzene rings is 4. The summed E-state index contributed by atoms with van der Waals surface area (Å²) >= 11 is 0. The Bertz CT molecular complexity index is 2500. The van der Waals surface area contributed by atoms with Crippen LogP contribution >= 0.6 is 0 Å². The molecule has 0 unspecified atom stereocenters. The molecule has 0 aromatic heterocycles. The first-order chi connectivity index (χ1) is 31.5. The average Bonchev–Trinajstić information content (AvgIpc) is 3.92. The monoisotopic (exact) mass is 923 g/mol. The molecule has 9 N–H and O–H groups in total. The van der Waals surface area contributed by atoms with Crippen LogP contribution in [-0.2, 0) is 42.2 Å². The van der Waals surface area contributed by atoms with Crippen molar-refractivity contribution in [3.63, 3.8) is 0 Å². The molecule has 2 aliphatic rings. The van der Waals surface area contributed by atoms with E-state index in [2.05, 4.69) is 26.6 Å². The van der Waals surface area contributed by atoms with Gasteiger partial charge in [-0.1, -0.05) is 56.3 Å². The van der Waals surface area contributed by atoms with Gasteiger partial charge in [0.25, 0.3) is 15.9 Å². The van der Waals surface area contributed by atoms with Crippen molar-refractivity contribution < 1.29 is 41.9 Å². The first-order valence-corrected chi connectivity index (χ1v) is 23.3. The van der Waals surface area contributed by atoms with Crippen LogP contribution in [0.1, 0.15) is 79.5 Å². The maximum atomic E-state index is 13.6. The highest BCUT2D eigenvalue weighted by Crippen LogP contribution is 2.34. The second-order valence-corrected chi connectivity index (χ2v) is 18.6. The number of nitrogens with one attached hydrogen (secondary N) is 5. The fourth-order valence-electron chi connectivity index (χ4n) is 7.58. The van der Waals surface area contributed by atoms with Crippen LogP contribution in [0.25, 0.3) is 0 Å². The molecular formula is C47H57N9O9S. The Morgan fingerprint density at radius 1 is 0.818 bits per heavy atom. The zero-order valence-electron chi connectivity index (χ0n) is 37.1. The third kappa shape index (κ3) is 12.3. The van der Waals surface area contributed by atoms with E-state index in [4.69, 9.17) is 16.2 Å². The number of rotatable bonds is 19. The van der Waals surface area contributed by atoms with Gasteiger partial charge in [-0.2, -0.15) is 0 Å². The minimum atomic E-state index is -4.16. The fraction of sp³-hybridized carbons (Fsp3) is 0.362. The number of unbranched alkanes of at least 4 members (excludes halogenated alkanes) is 1. The highest BCUT2D eigenvalue weighted by Gasteiger charge is 2.39. The van der Waals surface area contributed by atoms with Gasteiger partial charge in [-0.25, -0.2) is 22.3 Å². The van der Waals surface area contributed by atoms with E-state index < -0.39 is 64.0 Å². The lowest BCUT2D eigenvalue weighted by Gasteiger charge is -2.25. The van der Waals surface area contributed by atoms with Crippen molar-refractivity contribution in [2.75, 3.05) is 35.2 Å². The van der Waals surface area contributed by atoms with E-state index in [0.29, 0.717) is 78.9 Å². The zero-order chi connectivity index (χ0) is 47.5. The van der Waals surface area contributed by atoms with Crippen LogP contribution in [0.5, 0.6) is 0 Å². The number of amides is 7. The fourth-order valence-corrected chi connectivity index (χ4v) is 8.98. The standard InChI is InChI=1S/C47H57N9O9S/c1-29(2)25-39(53-42(57)30(3)49)44(59)52-38(11-7-8-23-48)43(58)50-35-16-12-31(13-17-35)28-65-47(62)51-36-18-14-33(15-19-36)45(60)55-24-22-34-26-37(20-21-41(34)55)66(63,64)56-27-40(54-46(56)61)32-9-5-4-6-10-32/h4-6,9-10,12-21,26,29-30,38-40H,7-8,11,22-25,27-28,48-49H2,1-3H3,(H,50,58)(H,51,62)(H,52,59)(H,53,57)(H,54,61)/t30-,38+,39+,40+/m1/s1. The quantitative estimate of drug-likeness (QED) is 0.0643. The number of carbonyl (C=O) groups is 6. The van der Waals surface area contributed by atoms with Gasteiger partial charge in [-0.15, -0.1) is 0 Å². The number of carbonyl (C=O) groups excluding carboxylic acids is 6. The molecule has 18 nitrogen and oxygen atoms in total. The van der Waals surface area contributed by atoms with Crippen molar-refractivity contribution in [3.8, 4) is 0 Å². The van der Waals surface area contributed by atoms with Gasteiger partial charge in [0.05, 0.1) is 23.5 Å². The largest absolute Gasteiger partial charge is 0.444 e. The summed E-state index contributed by atoms with van der Waals surface area (Å²) in [5.74, 6) is -1.64. The Labute approximate surface area is 384 Å². The molecule has 0 radical (unpaired) electrons. The smallest absolute Gasteiger partial charge is 0.411 e. The summed E-state index contributed by atoms with van der Waals surface area (Å²) < 4.78 is 33.4. The zero-order valence-corrected chi connectivity index (χ0v) is 37.9. The van der Waals surface area contributed by atoms with E-state index in [1.54, 1.807) is 59.5 Å². The topological polar surface area (TPSA) is 264 Å². The highest BCUT2D eigenvalue weighted by molar-refractivity contribution is 7.89. The third-order valence-electron chi connectivity index (χ3n) is 11.2. The molecule has 6 rings (SSSR count). The summed E-state index contributed by atoms with van der Waals surface area (Å²) in [5.41, 5.74) is 15.2. The molecule has 2 aliphatic heterocycles.